The summed E-state index contributed by atoms with van der Waals surface area (Å²) in [6, 6.07) is 3.91. The van der Waals surface area contributed by atoms with Gasteiger partial charge in [-0.3, -0.25) is 0 Å². The highest BCUT2D eigenvalue weighted by atomic mass is 16.3. The van der Waals surface area contributed by atoms with Gasteiger partial charge in [-0.1, -0.05) is 5.57 Å². The van der Waals surface area contributed by atoms with Gasteiger partial charge in [0.2, 0.25) is 0 Å². The molecular formula is C12H17NO. The van der Waals surface area contributed by atoms with Gasteiger partial charge in [-0.15, -0.1) is 0 Å². The van der Waals surface area contributed by atoms with E-state index >= 15 is 0 Å². The van der Waals surface area contributed by atoms with Crippen molar-refractivity contribution in [3.05, 3.63) is 29.7 Å². The van der Waals surface area contributed by atoms with E-state index in [1.54, 1.807) is 6.26 Å². The maximum Gasteiger partial charge on any atom is 0.126 e. The molecular weight excluding hydrogens is 174 g/mol. The maximum absolute atomic E-state index is 5.62. The molecule has 0 aromatic carbocycles. The Morgan fingerprint density at radius 1 is 1.64 bits per heavy atom. The fourth-order valence-electron chi connectivity index (χ4n) is 2.01. The summed E-state index contributed by atoms with van der Waals surface area (Å²) in [6.07, 6.45) is 7.53. The van der Waals surface area contributed by atoms with E-state index in [2.05, 4.69) is 13.0 Å². The van der Waals surface area contributed by atoms with Crippen molar-refractivity contribution in [3.63, 3.8) is 0 Å². The lowest BCUT2D eigenvalue weighted by Gasteiger charge is -2.14. The molecule has 2 rings (SSSR count). The van der Waals surface area contributed by atoms with E-state index in [9.17, 15) is 0 Å². The quantitative estimate of drug-likeness (QED) is 0.794. The second-order valence-corrected chi connectivity index (χ2v) is 4.16. The minimum atomic E-state index is 0.404. The average Bonchev–Trinajstić information content (AvgIpc) is 2.77. The normalized spacial score (nSPS) is 19.7. The zero-order valence-electron chi connectivity index (χ0n) is 8.62. The van der Waals surface area contributed by atoms with Crippen molar-refractivity contribution >= 4 is 6.08 Å². The van der Waals surface area contributed by atoms with Crippen LogP contribution in [-0.2, 0) is 0 Å². The Morgan fingerprint density at radius 3 is 2.93 bits per heavy atom. The summed E-state index contributed by atoms with van der Waals surface area (Å²) in [5.74, 6) is 0.950. The predicted octanol–water partition coefficient (Wildman–Crippen LogP) is 2.81. The van der Waals surface area contributed by atoms with Crippen LogP contribution in [0.2, 0.25) is 0 Å². The third kappa shape index (κ3) is 1.75. The number of hydrogen-bond acceptors (Lipinski definition) is 2. The first-order chi connectivity index (χ1) is 6.77. The largest absolute Gasteiger partial charge is 0.465 e. The summed E-state index contributed by atoms with van der Waals surface area (Å²) in [5, 5.41) is 0. The third-order valence-electron chi connectivity index (χ3n) is 3.21. The third-order valence-corrected chi connectivity index (χ3v) is 3.21. The molecule has 1 heterocycles. The van der Waals surface area contributed by atoms with Crippen molar-refractivity contribution in [2.45, 2.75) is 26.2 Å². The monoisotopic (exact) mass is 191 g/mol. The van der Waals surface area contributed by atoms with E-state index < -0.39 is 0 Å². The van der Waals surface area contributed by atoms with E-state index in [0.717, 1.165) is 18.7 Å². The van der Waals surface area contributed by atoms with Crippen LogP contribution < -0.4 is 5.73 Å². The predicted molar refractivity (Wildman–Crippen MR) is 57.7 cm³/mol. The second-order valence-electron chi connectivity index (χ2n) is 4.16. The van der Waals surface area contributed by atoms with Gasteiger partial charge in [0, 0.05) is 0 Å². The van der Waals surface area contributed by atoms with Crippen molar-refractivity contribution < 1.29 is 4.42 Å². The average molecular weight is 191 g/mol. The lowest BCUT2D eigenvalue weighted by Crippen LogP contribution is -2.10. The molecule has 0 bridgehead atoms. The van der Waals surface area contributed by atoms with Crippen molar-refractivity contribution in [2.24, 2.45) is 11.1 Å². The van der Waals surface area contributed by atoms with Gasteiger partial charge in [-0.05, 0) is 56.4 Å². The first kappa shape index (κ1) is 9.53. The molecule has 76 valence electrons. The van der Waals surface area contributed by atoms with Gasteiger partial charge in [0.25, 0.3) is 0 Å². The minimum absolute atomic E-state index is 0.404. The number of furan rings is 1. The van der Waals surface area contributed by atoms with Crippen molar-refractivity contribution in [1.82, 2.24) is 0 Å². The van der Waals surface area contributed by atoms with E-state index in [1.165, 1.54) is 18.4 Å². The van der Waals surface area contributed by atoms with E-state index in [-0.39, 0.29) is 0 Å². The van der Waals surface area contributed by atoms with Gasteiger partial charge >= 0.3 is 0 Å². The van der Waals surface area contributed by atoms with Crippen LogP contribution in [0.3, 0.4) is 0 Å². The molecule has 1 saturated carbocycles. The highest BCUT2D eigenvalue weighted by Crippen LogP contribution is 2.54. The summed E-state index contributed by atoms with van der Waals surface area (Å²) in [5.41, 5.74) is 7.43. The zero-order valence-corrected chi connectivity index (χ0v) is 8.62. The maximum atomic E-state index is 5.62. The minimum Gasteiger partial charge on any atom is -0.465 e. The molecule has 0 atom stereocenters. The molecule has 1 fully saturated rings. The summed E-state index contributed by atoms with van der Waals surface area (Å²) in [6.45, 7) is 2.97. The van der Waals surface area contributed by atoms with Gasteiger partial charge in [-0.25, -0.2) is 0 Å². The van der Waals surface area contributed by atoms with Crippen molar-refractivity contribution in [3.8, 4) is 0 Å². The van der Waals surface area contributed by atoms with E-state index in [1.807, 2.05) is 12.1 Å². The topological polar surface area (TPSA) is 39.2 Å². The van der Waals surface area contributed by atoms with Crippen LogP contribution in [0.15, 0.2) is 28.4 Å². The molecule has 0 saturated heterocycles. The molecule has 1 aliphatic rings. The van der Waals surface area contributed by atoms with Gasteiger partial charge in [0.05, 0.1) is 6.26 Å². The fraction of sp³-hybridized carbons (Fsp3) is 0.500. The molecule has 2 nitrogen and oxygen atoms in total. The summed E-state index contributed by atoms with van der Waals surface area (Å²) >= 11 is 0. The summed E-state index contributed by atoms with van der Waals surface area (Å²) in [4.78, 5) is 0. The van der Waals surface area contributed by atoms with Gasteiger partial charge < -0.3 is 10.2 Å². The highest BCUT2D eigenvalue weighted by Gasteiger charge is 2.42. The van der Waals surface area contributed by atoms with E-state index in [0.29, 0.717) is 5.41 Å². The number of hydrogen-bond donors (Lipinski definition) is 1. The van der Waals surface area contributed by atoms with Crippen LogP contribution in [-0.4, -0.2) is 6.54 Å². The smallest absolute Gasteiger partial charge is 0.126 e. The number of allylic oxidation sites excluding steroid dienone is 1. The summed E-state index contributed by atoms with van der Waals surface area (Å²) in [7, 11) is 0. The first-order valence-corrected chi connectivity index (χ1v) is 5.19. The molecule has 14 heavy (non-hydrogen) atoms. The van der Waals surface area contributed by atoms with Crippen LogP contribution in [0.25, 0.3) is 6.08 Å². The molecule has 0 spiro atoms. The molecule has 1 aromatic rings. The molecule has 0 aliphatic heterocycles. The molecule has 0 unspecified atom stereocenters. The lowest BCUT2D eigenvalue weighted by atomic mass is 9.93. The van der Waals surface area contributed by atoms with Crippen LogP contribution in [0.5, 0.6) is 0 Å². The highest BCUT2D eigenvalue weighted by molar-refractivity contribution is 5.50. The van der Waals surface area contributed by atoms with Crippen LogP contribution in [0.4, 0.5) is 0 Å². The second kappa shape index (κ2) is 3.62. The Balaban J connectivity index is 2.11. The Kier molecular flexibility index (Phi) is 2.46. The molecule has 0 radical (unpaired) electrons. The van der Waals surface area contributed by atoms with E-state index in [4.69, 9.17) is 10.2 Å². The standard InChI is InChI=1S/C12H17NO/c1-10(9-11-3-2-8-14-11)12(4-5-12)6-7-13/h2-3,8-9H,4-7,13H2,1H3/b10-9+. The van der Waals surface area contributed by atoms with Crippen LogP contribution in [0, 0.1) is 5.41 Å². The molecule has 2 heteroatoms. The Hall–Kier alpha value is -1.02. The Labute approximate surface area is 84.8 Å². The van der Waals surface area contributed by atoms with Gasteiger partial charge in [0.1, 0.15) is 5.76 Å². The Morgan fingerprint density at radius 2 is 2.43 bits per heavy atom. The van der Waals surface area contributed by atoms with Gasteiger partial charge in [-0.2, -0.15) is 0 Å². The number of nitrogens with two attached hydrogens (primary N) is 1. The van der Waals surface area contributed by atoms with Crippen molar-refractivity contribution in [2.75, 3.05) is 6.54 Å². The zero-order chi connectivity index (χ0) is 10.0. The number of rotatable bonds is 4. The van der Waals surface area contributed by atoms with Crippen LogP contribution >= 0.6 is 0 Å². The summed E-state index contributed by atoms with van der Waals surface area (Å²) < 4.78 is 5.30. The van der Waals surface area contributed by atoms with Crippen LogP contribution in [0.1, 0.15) is 31.9 Å². The SMILES string of the molecule is C/C(=C\c1ccco1)C1(CCN)CC1. The van der Waals surface area contributed by atoms with Crippen molar-refractivity contribution in [1.29, 1.82) is 0 Å². The molecule has 1 aliphatic carbocycles. The fourth-order valence-corrected chi connectivity index (χ4v) is 2.01. The first-order valence-electron chi connectivity index (χ1n) is 5.19. The molecule has 0 amide bonds. The molecule has 2 N–H and O–H groups in total. The Bertz CT molecular complexity index is 320. The lowest BCUT2D eigenvalue weighted by molar-refractivity contribution is 0.543. The molecule has 1 aromatic heterocycles. The van der Waals surface area contributed by atoms with Gasteiger partial charge in [0.15, 0.2) is 0 Å².